The smallest absolute Gasteiger partial charge is 0.146 e. The maximum atomic E-state index is 13.3. The molecule has 0 unspecified atom stereocenters. The van der Waals surface area contributed by atoms with Crippen molar-refractivity contribution >= 4 is 27.5 Å². The quantitative estimate of drug-likeness (QED) is 0.777. The third kappa shape index (κ3) is 3.17. The molecule has 2 rings (SSSR count). The number of ether oxygens (including phenoxy) is 1. The van der Waals surface area contributed by atoms with E-state index in [0.717, 1.165) is 5.56 Å². The van der Waals surface area contributed by atoms with E-state index < -0.39 is 0 Å². The van der Waals surface area contributed by atoms with Gasteiger partial charge in [0.2, 0.25) is 0 Å². The van der Waals surface area contributed by atoms with Crippen LogP contribution in [0.4, 0.5) is 4.39 Å². The third-order valence-corrected chi connectivity index (χ3v) is 3.00. The van der Waals surface area contributed by atoms with Gasteiger partial charge in [-0.05, 0) is 39.7 Å². The Morgan fingerprint density at radius 3 is 2.76 bits per heavy atom. The monoisotopic (exact) mass is 315 g/mol. The van der Waals surface area contributed by atoms with Crippen molar-refractivity contribution in [1.29, 1.82) is 0 Å². The van der Waals surface area contributed by atoms with E-state index >= 15 is 0 Å². The van der Waals surface area contributed by atoms with Crippen LogP contribution in [0.15, 0.2) is 41.1 Å². The average molecular weight is 317 g/mol. The van der Waals surface area contributed by atoms with Gasteiger partial charge in [0.25, 0.3) is 0 Å². The molecule has 88 valence electrons. The van der Waals surface area contributed by atoms with Gasteiger partial charge >= 0.3 is 0 Å². The minimum Gasteiger partial charge on any atom is -0.456 e. The molecule has 0 aliphatic heterocycles. The van der Waals surface area contributed by atoms with Crippen LogP contribution in [0.2, 0.25) is 0 Å². The number of hydrogen-bond acceptors (Lipinski definition) is 2. The molecule has 0 atom stereocenters. The van der Waals surface area contributed by atoms with Gasteiger partial charge in [0.15, 0.2) is 0 Å². The van der Waals surface area contributed by atoms with Crippen molar-refractivity contribution in [2.75, 3.05) is 0 Å². The lowest BCUT2D eigenvalue weighted by atomic mass is 10.3. The summed E-state index contributed by atoms with van der Waals surface area (Å²) in [7, 11) is 0. The molecule has 0 fully saturated rings. The first-order valence-corrected chi connectivity index (χ1v) is 6.14. The molecule has 0 saturated heterocycles. The summed E-state index contributed by atoms with van der Waals surface area (Å²) < 4.78 is 19.1. The number of benzene rings is 1. The Morgan fingerprint density at radius 1 is 1.24 bits per heavy atom. The van der Waals surface area contributed by atoms with Crippen LogP contribution in [0.5, 0.6) is 11.5 Å². The highest BCUT2D eigenvalue weighted by molar-refractivity contribution is 9.10. The Kier molecular flexibility index (Phi) is 3.97. The van der Waals surface area contributed by atoms with E-state index in [9.17, 15) is 4.39 Å². The first-order valence-electron chi connectivity index (χ1n) is 4.82. The summed E-state index contributed by atoms with van der Waals surface area (Å²) in [6, 6.07) is 6.32. The molecule has 0 N–H and O–H groups in total. The highest BCUT2D eigenvalue weighted by Crippen LogP contribution is 2.25. The number of rotatable bonds is 3. The molecule has 1 aromatic heterocycles. The molecule has 17 heavy (non-hydrogen) atoms. The van der Waals surface area contributed by atoms with E-state index in [0.29, 0.717) is 21.9 Å². The minimum atomic E-state index is -0.371. The lowest BCUT2D eigenvalue weighted by molar-refractivity contribution is 0.473. The Labute approximate surface area is 112 Å². The Bertz CT molecular complexity index is 536. The van der Waals surface area contributed by atoms with Crippen molar-refractivity contribution in [3.63, 3.8) is 0 Å². The van der Waals surface area contributed by atoms with Crippen molar-refractivity contribution in [3.05, 3.63) is 52.5 Å². The van der Waals surface area contributed by atoms with E-state index in [4.69, 9.17) is 16.3 Å². The van der Waals surface area contributed by atoms with Gasteiger partial charge < -0.3 is 4.74 Å². The number of hydrogen-bond donors (Lipinski definition) is 0. The second kappa shape index (κ2) is 5.47. The van der Waals surface area contributed by atoms with Crippen molar-refractivity contribution < 1.29 is 9.13 Å². The van der Waals surface area contributed by atoms with Gasteiger partial charge in [-0.25, -0.2) is 4.39 Å². The molecule has 1 heterocycles. The number of nitrogens with zero attached hydrogens (tertiary/aromatic N) is 1. The fourth-order valence-electron chi connectivity index (χ4n) is 1.27. The molecule has 0 aliphatic rings. The lowest BCUT2D eigenvalue weighted by Gasteiger charge is -2.06. The fourth-order valence-corrected chi connectivity index (χ4v) is 1.66. The van der Waals surface area contributed by atoms with Crippen LogP contribution in [-0.2, 0) is 5.88 Å². The van der Waals surface area contributed by atoms with Crippen LogP contribution >= 0.6 is 27.5 Å². The van der Waals surface area contributed by atoms with E-state index in [1.807, 2.05) is 0 Å². The molecule has 0 aliphatic carbocycles. The molecule has 5 heteroatoms. The van der Waals surface area contributed by atoms with Crippen LogP contribution < -0.4 is 4.74 Å². The molecule has 0 radical (unpaired) electrons. The zero-order chi connectivity index (χ0) is 12.3. The van der Waals surface area contributed by atoms with E-state index in [-0.39, 0.29) is 5.82 Å². The molecule has 0 bridgehead atoms. The normalized spacial score (nSPS) is 10.3. The lowest BCUT2D eigenvalue weighted by Crippen LogP contribution is -1.89. The molecule has 2 aromatic rings. The van der Waals surface area contributed by atoms with Gasteiger partial charge in [-0.2, -0.15) is 0 Å². The standard InChI is InChI=1S/C12H8BrClFNO/c13-11-2-1-9(4-12(11)15)17-10-3-8(5-14)6-16-7-10/h1-4,6-7H,5H2. The first-order chi connectivity index (χ1) is 8.19. The number of aromatic nitrogens is 1. The summed E-state index contributed by atoms with van der Waals surface area (Å²) in [4.78, 5) is 3.98. The van der Waals surface area contributed by atoms with Crippen molar-refractivity contribution in [3.8, 4) is 11.5 Å². The molecule has 2 nitrogen and oxygen atoms in total. The zero-order valence-electron chi connectivity index (χ0n) is 8.66. The Balaban J connectivity index is 2.22. The molecular weight excluding hydrogens is 308 g/mol. The van der Waals surface area contributed by atoms with Gasteiger partial charge in [-0.15, -0.1) is 11.6 Å². The summed E-state index contributed by atoms with van der Waals surface area (Å²) in [6.07, 6.45) is 3.21. The van der Waals surface area contributed by atoms with Gasteiger partial charge in [0.05, 0.1) is 10.7 Å². The number of pyridine rings is 1. The maximum absolute atomic E-state index is 13.3. The Morgan fingerprint density at radius 2 is 2.06 bits per heavy atom. The predicted molar refractivity (Wildman–Crippen MR) is 68.0 cm³/mol. The summed E-state index contributed by atoms with van der Waals surface area (Å²) in [6.45, 7) is 0. The maximum Gasteiger partial charge on any atom is 0.146 e. The van der Waals surface area contributed by atoms with E-state index in [2.05, 4.69) is 20.9 Å². The second-order valence-corrected chi connectivity index (χ2v) is 4.46. The third-order valence-electron chi connectivity index (χ3n) is 2.05. The molecule has 0 saturated carbocycles. The molecule has 0 spiro atoms. The van der Waals surface area contributed by atoms with Gasteiger partial charge in [-0.3, -0.25) is 4.98 Å². The highest BCUT2D eigenvalue weighted by Gasteiger charge is 2.03. The molecule has 0 amide bonds. The Hall–Kier alpha value is -1.13. The zero-order valence-corrected chi connectivity index (χ0v) is 11.0. The predicted octanol–water partition coefficient (Wildman–Crippen LogP) is 4.51. The van der Waals surface area contributed by atoms with Crippen LogP contribution in [0.25, 0.3) is 0 Å². The fraction of sp³-hybridized carbons (Fsp3) is 0.0833. The van der Waals surface area contributed by atoms with Crippen LogP contribution in [0.3, 0.4) is 0 Å². The van der Waals surface area contributed by atoms with Gasteiger partial charge in [-0.1, -0.05) is 0 Å². The van der Waals surface area contributed by atoms with Crippen molar-refractivity contribution in [2.24, 2.45) is 0 Å². The van der Waals surface area contributed by atoms with Crippen LogP contribution in [0.1, 0.15) is 5.56 Å². The van der Waals surface area contributed by atoms with Gasteiger partial charge in [0.1, 0.15) is 17.3 Å². The highest BCUT2D eigenvalue weighted by atomic mass is 79.9. The van der Waals surface area contributed by atoms with E-state index in [1.165, 1.54) is 6.07 Å². The largest absolute Gasteiger partial charge is 0.456 e. The minimum absolute atomic E-state index is 0.360. The van der Waals surface area contributed by atoms with E-state index in [1.54, 1.807) is 30.6 Å². The first kappa shape index (κ1) is 12.3. The van der Waals surface area contributed by atoms with Crippen LogP contribution in [0, 0.1) is 5.82 Å². The SMILES string of the molecule is Fc1cc(Oc2cncc(CCl)c2)ccc1Br. The van der Waals surface area contributed by atoms with Crippen molar-refractivity contribution in [2.45, 2.75) is 5.88 Å². The summed E-state index contributed by atoms with van der Waals surface area (Å²) >= 11 is 8.76. The molecule has 1 aromatic carbocycles. The van der Waals surface area contributed by atoms with Crippen LogP contribution in [-0.4, -0.2) is 4.98 Å². The molecular formula is C12H8BrClFNO. The topological polar surface area (TPSA) is 22.1 Å². The summed E-state index contributed by atoms with van der Waals surface area (Å²) in [5, 5.41) is 0. The summed E-state index contributed by atoms with van der Waals surface area (Å²) in [5.74, 6) is 0.937. The van der Waals surface area contributed by atoms with Crippen molar-refractivity contribution in [1.82, 2.24) is 4.98 Å². The second-order valence-electron chi connectivity index (χ2n) is 3.34. The summed E-state index contributed by atoms with van der Waals surface area (Å²) in [5.41, 5.74) is 0.849. The van der Waals surface area contributed by atoms with Gasteiger partial charge in [0, 0.05) is 18.1 Å². The average Bonchev–Trinajstić information content (AvgIpc) is 2.34. The number of halogens is 3. The number of alkyl halides is 1.